The van der Waals surface area contributed by atoms with Crippen LogP contribution in [0, 0.1) is 18.3 Å². The Balaban J connectivity index is 1.55. The first-order valence-electron chi connectivity index (χ1n) is 7.12. The van der Waals surface area contributed by atoms with Gasteiger partial charge in [-0.25, -0.2) is 0 Å². The second-order valence-corrected chi connectivity index (χ2v) is 6.83. The molecule has 0 saturated carbocycles. The van der Waals surface area contributed by atoms with Crippen molar-refractivity contribution < 1.29 is 4.79 Å². The summed E-state index contributed by atoms with van der Waals surface area (Å²) in [6.07, 6.45) is 8.33. The molecule has 2 bridgehead atoms. The molecule has 2 aliphatic heterocycles. The number of aromatic nitrogens is 1. The van der Waals surface area contributed by atoms with Crippen LogP contribution in [0.5, 0.6) is 0 Å². The van der Waals surface area contributed by atoms with Crippen molar-refractivity contribution >= 4 is 27.3 Å². The first kappa shape index (κ1) is 12.8. The van der Waals surface area contributed by atoms with E-state index in [1.165, 1.54) is 24.3 Å². The summed E-state index contributed by atoms with van der Waals surface area (Å²) in [5.41, 5.74) is 0.477. The Labute approximate surface area is 127 Å². The number of thiophene rings is 1. The highest BCUT2D eigenvalue weighted by Crippen LogP contribution is 2.28. The molecule has 4 nitrogen and oxygen atoms in total. The predicted octanol–water partition coefficient (Wildman–Crippen LogP) is 1.71. The van der Waals surface area contributed by atoms with Gasteiger partial charge in [0.1, 0.15) is 5.69 Å². The molecule has 106 valence electrons. The van der Waals surface area contributed by atoms with Gasteiger partial charge in [0.05, 0.1) is 4.88 Å². The minimum absolute atomic E-state index is 0.0775. The van der Waals surface area contributed by atoms with Gasteiger partial charge >= 0.3 is 0 Å². The average Bonchev–Trinajstić information content (AvgIpc) is 3.20. The monoisotopic (exact) mass is 297 g/mol. The molecule has 0 aliphatic carbocycles. The molecule has 4 heterocycles. The summed E-state index contributed by atoms with van der Waals surface area (Å²) in [6, 6.07) is 4.04. The Bertz CT molecular complexity index is 760. The van der Waals surface area contributed by atoms with Crippen LogP contribution in [0.15, 0.2) is 18.3 Å². The van der Waals surface area contributed by atoms with Crippen LogP contribution in [0.2, 0.25) is 0 Å². The molecule has 0 radical (unpaired) electrons. The summed E-state index contributed by atoms with van der Waals surface area (Å²) in [6.45, 7) is 3.26. The molecule has 3 atom stereocenters. The predicted molar refractivity (Wildman–Crippen MR) is 83.4 cm³/mol. The van der Waals surface area contributed by atoms with Crippen molar-refractivity contribution in [1.82, 2.24) is 15.2 Å². The molecule has 2 aromatic heterocycles. The zero-order valence-electron chi connectivity index (χ0n) is 11.5. The van der Waals surface area contributed by atoms with Gasteiger partial charge in [0, 0.05) is 35.4 Å². The van der Waals surface area contributed by atoms with Crippen molar-refractivity contribution in [3.05, 3.63) is 28.9 Å². The minimum atomic E-state index is -0.0775. The van der Waals surface area contributed by atoms with Gasteiger partial charge in [-0.3, -0.25) is 9.78 Å². The van der Waals surface area contributed by atoms with Gasteiger partial charge in [-0.1, -0.05) is 5.92 Å². The van der Waals surface area contributed by atoms with Gasteiger partial charge in [-0.15, -0.1) is 17.8 Å². The summed E-state index contributed by atoms with van der Waals surface area (Å²) in [7, 11) is 0. The lowest BCUT2D eigenvalue weighted by molar-refractivity contribution is 0.0919. The smallest absolute Gasteiger partial charge is 0.270 e. The molecular formula is C16H15N3OS. The van der Waals surface area contributed by atoms with E-state index in [4.69, 9.17) is 6.42 Å². The molecule has 2 aromatic rings. The lowest BCUT2D eigenvalue weighted by Crippen LogP contribution is -2.43. The summed E-state index contributed by atoms with van der Waals surface area (Å²) >= 11 is 1.52. The number of hydrogen-bond donors (Lipinski definition) is 1. The van der Waals surface area contributed by atoms with Crippen molar-refractivity contribution in [2.24, 2.45) is 5.92 Å². The molecule has 2 fully saturated rings. The molecule has 1 amide bonds. The standard InChI is InChI=1S/C16H15N3OS/c1-2-12-5-11-7-17-13(6-15(11)21-12)16(20)18-14-9-19-4-3-10(14)8-19/h1,5-7,10,14H,3-4,8-9H2,(H,18,20). The van der Waals surface area contributed by atoms with E-state index in [1.807, 2.05) is 12.1 Å². The highest BCUT2D eigenvalue weighted by atomic mass is 32.1. The molecule has 0 aromatic carbocycles. The largest absolute Gasteiger partial charge is 0.346 e. The zero-order chi connectivity index (χ0) is 14.4. The van der Waals surface area contributed by atoms with E-state index in [-0.39, 0.29) is 11.9 Å². The van der Waals surface area contributed by atoms with E-state index in [9.17, 15) is 4.79 Å². The van der Waals surface area contributed by atoms with Crippen LogP contribution in [0.25, 0.3) is 10.1 Å². The van der Waals surface area contributed by atoms with Crippen LogP contribution in [0.3, 0.4) is 0 Å². The number of pyridine rings is 1. The first-order chi connectivity index (χ1) is 10.2. The van der Waals surface area contributed by atoms with Crippen molar-refractivity contribution in [3.63, 3.8) is 0 Å². The summed E-state index contributed by atoms with van der Waals surface area (Å²) in [4.78, 5) is 19.9. The van der Waals surface area contributed by atoms with Crippen LogP contribution >= 0.6 is 11.3 Å². The molecule has 4 rings (SSSR count). The van der Waals surface area contributed by atoms with E-state index in [0.717, 1.165) is 28.1 Å². The fraction of sp³-hybridized carbons (Fsp3) is 0.375. The quantitative estimate of drug-likeness (QED) is 0.858. The molecule has 5 heteroatoms. The van der Waals surface area contributed by atoms with Gasteiger partial charge in [0.2, 0.25) is 0 Å². The van der Waals surface area contributed by atoms with Gasteiger partial charge in [-0.2, -0.15) is 0 Å². The number of nitrogens with one attached hydrogen (secondary N) is 1. The van der Waals surface area contributed by atoms with Crippen LogP contribution < -0.4 is 5.32 Å². The molecule has 0 spiro atoms. The fourth-order valence-electron chi connectivity index (χ4n) is 3.32. The summed E-state index contributed by atoms with van der Waals surface area (Å²) in [5, 5.41) is 4.13. The Morgan fingerprint density at radius 2 is 2.38 bits per heavy atom. The number of hydrogen-bond acceptors (Lipinski definition) is 4. The molecule has 3 unspecified atom stereocenters. The maximum Gasteiger partial charge on any atom is 0.270 e. The molecule has 1 N–H and O–H groups in total. The second kappa shape index (κ2) is 4.83. The van der Waals surface area contributed by atoms with E-state index in [2.05, 4.69) is 21.1 Å². The van der Waals surface area contributed by atoms with Gasteiger partial charge in [0.25, 0.3) is 5.91 Å². The van der Waals surface area contributed by atoms with Crippen molar-refractivity contribution in [1.29, 1.82) is 0 Å². The zero-order valence-corrected chi connectivity index (χ0v) is 12.3. The number of carbonyl (C=O) groups is 1. The Morgan fingerprint density at radius 1 is 1.48 bits per heavy atom. The van der Waals surface area contributed by atoms with E-state index in [1.54, 1.807) is 6.20 Å². The van der Waals surface area contributed by atoms with Crippen molar-refractivity contribution in [3.8, 4) is 12.3 Å². The van der Waals surface area contributed by atoms with E-state index in [0.29, 0.717) is 11.6 Å². The molecular weight excluding hydrogens is 282 g/mol. The number of amides is 1. The Morgan fingerprint density at radius 3 is 3.10 bits per heavy atom. The molecule has 2 aliphatic rings. The highest BCUT2D eigenvalue weighted by molar-refractivity contribution is 7.19. The number of carbonyl (C=O) groups excluding carboxylic acids is 1. The topological polar surface area (TPSA) is 45.2 Å². The SMILES string of the molecule is C#Cc1cc2cnc(C(=O)NC3CN4CCC3C4)cc2s1. The van der Waals surface area contributed by atoms with E-state index < -0.39 is 0 Å². The Kier molecular flexibility index (Phi) is 2.95. The third-order valence-electron chi connectivity index (χ3n) is 4.43. The third kappa shape index (κ3) is 2.21. The Hall–Kier alpha value is -1.90. The van der Waals surface area contributed by atoms with Gasteiger partial charge in [-0.05, 0) is 31.0 Å². The lowest BCUT2D eigenvalue weighted by atomic mass is 10.00. The number of terminal acetylenes is 1. The minimum Gasteiger partial charge on any atom is -0.346 e. The van der Waals surface area contributed by atoms with Crippen LogP contribution in [-0.4, -0.2) is 41.5 Å². The second-order valence-electron chi connectivity index (χ2n) is 5.75. The van der Waals surface area contributed by atoms with Crippen LogP contribution in [0.4, 0.5) is 0 Å². The highest BCUT2D eigenvalue weighted by Gasteiger charge is 2.38. The summed E-state index contributed by atoms with van der Waals surface area (Å²) in [5.74, 6) is 3.15. The number of piperidine rings is 1. The molecule has 21 heavy (non-hydrogen) atoms. The number of nitrogens with zero attached hydrogens (tertiary/aromatic N) is 2. The van der Waals surface area contributed by atoms with Crippen molar-refractivity contribution in [2.45, 2.75) is 12.5 Å². The normalized spacial score (nSPS) is 26.9. The fourth-order valence-corrected chi connectivity index (χ4v) is 4.20. The van der Waals surface area contributed by atoms with Gasteiger partial charge < -0.3 is 10.2 Å². The van der Waals surface area contributed by atoms with Crippen LogP contribution in [0.1, 0.15) is 21.8 Å². The maximum atomic E-state index is 12.4. The van der Waals surface area contributed by atoms with Crippen molar-refractivity contribution in [2.75, 3.05) is 19.6 Å². The maximum absolute atomic E-state index is 12.4. The average molecular weight is 297 g/mol. The molecule has 2 saturated heterocycles. The van der Waals surface area contributed by atoms with Crippen LogP contribution in [-0.2, 0) is 0 Å². The van der Waals surface area contributed by atoms with Gasteiger partial charge in [0.15, 0.2) is 0 Å². The lowest BCUT2D eigenvalue weighted by Gasteiger charge is -2.22. The van der Waals surface area contributed by atoms with E-state index >= 15 is 0 Å². The first-order valence-corrected chi connectivity index (χ1v) is 7.94. The third-order valence-corrected chi connectivity index (χ3v) is 5.45. The number of fused-ring (bicyclic) bond motifs is 3. The summed E-state index contributed by atoms with van der Waals surface area (Å²) < 4.78 is 1.01. The number of rotatable bonds is 2.